The van der Waals surface area contributed by atoms with Gasteiger partial charge < -0.3 is 10.0 Å². The van der Waals surface area contributed by atoms with Crippen LogP contribution in [0, 0.1) is 5.92 Å². The molecule has 86 valence electrons. The molecule has 5 nitrogen and oxygen atoms in total. The number of hydrogen-bond donors (Lipinski definition) is 2. The highest BCUT2D eigenvalue weighted by atomic mass is 16.3. The smallest absolute Gasteiger partial charge is 0.226 e. The van der Waals surface area contributed by atoms with Crippen molar-refractivity contribution in [2.45, 2.75) is 31.8 Å². The number of aliphatic hydroxyl groups is 1. The van der Waals surface area contributed by atoms with Crippen molar-refractivity contribution < 1.29 is 9.90 Å². The molecule has 1 aromatic heterocycles. The highest BCUT2D eigenvalue weighted by Gasteiger charge is 2.38. The minimum Gasteiger partial charge on any atom is -0.394 e. The first-order valence-electron chi connectivity index (χ1n) is 5.74. The van der Waals surface area contributed by atoms with E-state index in [1.54, 1.807) is 11.1 Å². The number of amides is 1. The summed E-state index contributed by atoms with van der Waals surface area (Å²) in [6.45, 7) is 0.543. The van der Waals surface area contributed by atoms with Crippen molar-refractivity contribution in [3.05, 3.63) is 17.5 Å². The number of nitrogens with one attached hydrogen (secondary N) is 1. The van der Waals surface area contributed by atoms with Crippen molar-refractivity contribution in [3.63, 3.8) is 0 Å². The summed E-state index contributed by atoms with van der Waals surface area (Å²) < 4.78 is 0. The first-order valence-corrected chi connectivity index (χ1v) is 5.74. The Kier molecular flexibility index (Phi) is 2.21. The number of H-pyrrole nitrogens is 1. The van der Waals surface area contributed by atoms with E-state index in [2.05, 4.69) is 10.2 Å². The van der Waals surface area contributed by atoms with Crippen LogP contribution in [0.5, 0.6) is 0 Å². The highest BCUT2D eigenvalue weighted by Crippen LogP contribution is 2.36. The lowest BCUT2D eigenvalue weighted by Gasteiger charge is -2.32. The number of nitrogens with zero attached hydrogens (tertiary/aromatic N) is 2. The Morgan fingerprint density at radius 2 is 2.44 bits per heavy atom. The van der Waals surface area contributed by atoms with Crippen LogP contribution in [0.4, 0.5) is 0 Å². The molecular weight excluding hydrogens is 206 g/mol. The van der Waals surface area contributed by atoms with Crippen LogP contribution in [0.15, 0.2) is 6.20 Å². The van der Waals surface area contributed by atoms with Crippen LogP contribution in [0.25, 0.3) is 0 Å². The summed E-state index contributed by atoms with van der Waals surface area (Å²) in [7, 11) is 0. The summed E-state index contributed by atoms with van der Waals surface area (Å²) in [6, 6.07) is -0.193. The number of carbonyl (C=O) groups excluding carboxylic acids is 1. The first kappa shape index (κ1) is 9.84. The molecule has 2 heterocycles. The molecule has 16 heavy (non-hydrogen) atoms. The fourth-order valence-corrected chi connectivity index (χ4v) is 2.50. The van der Waals surface area contributed by atoms with Gasteiger partial charge in [0.25, 0.3) is 0 Å². The summed E-state index contributed by atoms with van der Waals surface area (Å²) in [5, 5.41) is 16.2. The summed E-state index contributed by atoms with van der Waals surface area (Å²) in [5.41, 5.74) is 1.93. The predicted octanol–water partition coefficient (Wildman–Crippen LogP) is 0.585. The van der Waals surface area contributed by atoms with E-state index < -0.39 is 0 Å². The van der Waals surface area contributed by atoms with Gasteiger partial charge in [0.15, 0.2) is 0 Å². The SMILES string of the molecule is O=C(C1CCC1)N1Cc2[nH]ncc2C1CO. The van der Waals surface area contributed by atoms with Gasteiger partial charge in [0, 0.05) is 11.5 Å². The minimum atomic E-state index is -0.193. The van der Waals surface area contributed by atoms with Crippen LogP contribution in [0.3, 0.4) is 0 Å². The van der Waals surface area contributed by atoms with Gasteiger partial charge >= 0.3 is 0 Å². The molecule has 1 aromatic rings. The average Bonchev–Trinajstić information content (AvgIpc) is 2.72. The quantitative estimate of drug-likeness (QED) is 0.767. The van der Waals surface area contributed by atoms with E-state index >= 15 is 0 Å². The minimum absolute atomic E-state index is 0.0228. The summed E-state index contributed by atoms with van der Waals surface area (Å²) in [6.07, 6.45) is 4.87. The predicted molar refractivity (Wildman–Crippen MR) is 56.3 cm³/mol. The van der Waals surface area contributed by atoms with E-state index in [4.69, 9.17) is 0 Å². The fraction of sp³-hybridized carbons (Fsp3) is 0.636. The van der Waals surface area contributed by atoms with Gasteiger partial charge in [-0.15, -0.1) is 0 Å². The molecule has 0 spiro atoms. The van der Waals surface area contributed by atoms with Crippen LogP contribution < -0.4 is 0 Å². The fourth-order valence-electron chi connectivity index (χ4n) is 2.50. The Morgan fingerprint density at radius 3 is 3.06 bits per heavy atom. The summed E-state index contributed by atoms with van der Waals surface area (Å²) >= 11 is 0. The average molecular weight is 221 g/mol. The molecule has 1 atom stereocenters. The third kappa shape index (κ3) is 1.28. The van der Waals surface area contributed by atoms with Crippen molar-refractivity contribution in [1.82, 2.24) is 15.1 Å². The van der Waals surface area contributed by atoms with Crippen LogP contribution >= 0.6 is 0 Å². The molecule has 0 aromatic carbocycles. The molecule has 3 rings (SSSR count). The molecule has 1 fully saturated rings. The van der Waals surface area contributed by atoms with E-state index in [1.165, 1.54) is 0 Å². The molecule has 1 unspecified atom stereocenters. The molecule has 1 aliphatic heterocycles. The Hall–Kier alpha value is -1.36. The van der Waals surface area contributed by atoms with Crippen LogP contribution in [0.2, 0.25) is 0 Å². The normalized spacial score (nSPS) is 24.3. The van der Waals surface area contributed by atoms with Gasteiger partial charge in [0.05, 0.1) is 31.1 Å². The third-order valence-electron chi connectivity index (χ3n) is 3.73. The van der Waals surface area contributed by atoms with Crippen molar-refractivity contribution in [1.29, 1.82) is 0 Å². The van der Waals surface area contributed by atoms with Gasteiger partial charge in [-0.1, -0.05) is 6.42 Å². The van der Waals surface area contributed by atoms with Gasteiger partial charge in [0.2, 0.25) is 5.91 Å². The summed E-state index contributed by atoms with van der Waals surface area (Å²) in [5.74, 6) is 0.376. The van der Waals surface area contributed by atoms with E-state index in [9.17, 15) is 9.90 Å². The standard InChI is InChI=1S/C11H15N3O2/c15-6-10-8-4-12-13-9(8)5-14(10)11(16)7-2-1-3-7/h4,7,10,15H,1-3,5-6H2,(H,12,13). The second kappa shape index (κ2) is 3.59. The second-order valence-electron chi connectivity index (χ2n) is 4.60. The Labute approximate surface area is 93.5 Å². The highest BCUT2D eigenvalue weighted by molar-refractivity contribution is 5.80. The third-order valence-corrected chi connectivity index (χ3v) is 3.73. The number of rotatable bonds is 2. The molecular formula is C11H15N3O2. The van der Waals surface area contributed by atoms with Crippen molar-refractivity contribution >= 4 is 5.91 Å². The maximum Gasteiger partial charge on any atom is 0.226 e. The number of aromatic amines is 1. The molecule has 2 N–H and O–H groups in total. The van der Waals surface area contributed by atoms with Gasteiger partial charge in [0.1, 0.15) is 0 Å². The maximum absolute atomic E-state index is 12.1. The zero-order chi connectivity index (χ0) is 11.1. The number of aliphatic hydroxyl groups excluding tert-OH is 1. The molecule has 0 bridgehead atoms. The van der Waals surface area contributed by atoms with Gasteiger partial charge in [-0.3, -0.25) is 9.89 Å². The monoisotopic (exact) mass is 221 g/mol. The van der Waals surface area contributed by atoms with E-state index in [0.717, 1.165) is 30.5 Å². The van der Waals surface area contributed by atoms with Crippen molar-refractivity contribution in [3.8, 4) is 0 Å². The van der Waals surface area contributed by atoms with E-state index in [0.29, 0.717) is 6.54 Å². The van der Waals surface area contributed by atoms with Crippen LogP contribution in [-0.4, -0.2) is 32.7 Å². The molecule has 0 saturated heterocycles. The zero-order valence-electron chi connectivity index (χ0n) is 9.02. The molecule has 0 radical (unpaired) electrons. The number of aromatic nitrogens is 2. The number of fused-ring (bicyclic) bond motifs is 1. The lowest BCUT2D eigenvalue weighted by Crippen LogP contribution is -2.38. The van der Waals surface area contributed by atoms with Gasteiger partial charge in [-0.2, -0.15) is 5.10 Å². The topological polar surface area (TPSA) is 69.2 Å². The van der Waals surface area contributed by atoms with E-state index in [1.807, 2.05) is 0 Å². The number of hydrogen-bond acceptors (Lipinski definition) is 3. The zero-order valence-corrected chi connectivity index (χ0v) is 9.02. The summed E-state index contributed by atoms with van der Waals surface area (Å²) in [4.78, 5) is 13.9. The molecule has 2 aliphatic rings. The van der Waals surface area contributed by atoms with Crippen molar-refractivity contribution in [2.75, 3.05) is 6.61 Å². The van der Waals surface area contributed by atoms with Crippen LogP contribution in [-0.2, 0) is 11.3 Å². The second-order valence-corrected chi connectivity index (χ2v) is 4.60. The Balaban J connectivity index is 1.82. The molecule has 5 heteroatoms. The van der Waals surface area contributed by atoms with E-state index in [-0.39, 0.29) is 24.5 Å². The largest absolute Gasteiger partial charge is 0.394 e. The molecule has 1 aliphatic carbocycles. The lowest BCUT2D eigenvalue weighted by molar-refractivity contribution is -0.141. The van der Waals surface area contributed by atoms with Crippen molar-refractivity contribution in [2.24, 2.45) is 5.92 Å². The van der Waals surface area contributed by atoms with Gasteiger partial charge in [-0.05, 0) is 12.8 Å². The lowest BCUT2D eigenvalue weighted by atomic mass is 9.84. The number of carbonyl (C=O) groups is 1. The first-order chi connectivity index (χ1) is 7.81. The Bertz CT molecular complexity index is 411. The molecule has 1 saturated carbocycles. The van der Waals surface area contributed by atoms with Gasteiger partial charge in [-0.25, -0.2) is 0 Å². The van der Waals surface area contributed by atoms with Crippen LogP contribution in [0.1, 0.15) is 36.6 Å². The maximum atomic E-state index is 12.1. The Morgan fingerprint density at radius 1 is 1.62 bits per heavy atom. The molecule has 1 amide bonds.